The van der Waals surface area contributed by atoms with Crippen molar-refractivity contribution in [3.63, 3.8) is 0 Å². The number of anilines is 1. The number of thioether (sulfide) groups is 1. The Morgan fingerprint density at radius 2 is 1.90 bits per heavy atom. The number of nitrogens with one attached hydrogen (secondary N) is 2. The van der Waals surface area contributed by atoms with Crippen molar-refractivity contribution in [3.05, 3.63) is 42.6 Å². The van der Waals surface area contributed by atoms with Crippen LogP contribution in [0.5, 0.6) is 0 Å². The Kier molecular flexibility index (Phi) is 6.35. The highest BCUT2D eigenvalue weighted by Gasteiger charge is 2.21. The molecule has 1 amide bonds. The quantitative estimate of drug-likeness (QED) is 0.533. The lowest BCUT2D eigenvalue weighted by molar-refractivity contribution is -0.113. The number of fused-ring (bicyclic) bond motifs is 1. The molecule has 4 rings (SSSR count). The summed E-state index contributed by atoms with van der Waals surface area (Å²) < 4.78 is 33.4. The summed E-state index contributed by atoms with van der Waals surface area (Å²) >= 11 is 1.16. The minimum absolute atomic E-state index is 0.00205. The highest BCUT2D eigenvalue weighted by atomic mass is 32.2. The van der Waals surface area contributed by atoms with E-state index in [2.05, 4.69) is 20.0 Å². The number of pyridine rings is 1. The molecular weight excluding hydrogens is 424 g/mol. The highest BCUT2D eigenvalue weighted by molar-refractivity contribution is 7.99. The maximum absolute atomic E-state index is 12.5. The SMILES string of the molecule is O=C(CSc1nc2ncccc2o1)Nc1ccc(S(=O)(=O)NC2CCCCC2)cc1. The zero-order valence-corrected chi connectivity index (χ0v) is 17.8. The first-order chi connectivity index (χ1) is 14.5. The third-order valence-corrected chi connectivity index (χ3v) is 7.21. The van der Waals surface area contributed by atoms with Crippen LogP contribution in [-0.2, 0) is 14.8 Å². The van der Waals surface area contributed by atoms with Crippen molar-refractivity contribution in [1.82, 2.24) is 14.7 Å². The van der Waals surface area contributed by atoms with Crippen molar-refractivity contribution < 1.29 is 17.6 Å². The number of hydrogen-bond acceptors (Lipinski definition) is 7. The number of sulfonamides is 1. The van der Waals surface area contributed by atoms with Crippen LogP contribution >= 0.6 is 11.8 Å². The summed E-state index contributed by atoms with van der Waals surface area (Å²) in [7, 11) is -3.56. The van der Waals surface area contributed by atoms with Gasteiger partial charge in [0.2, 0.25) is 15.9 Å². The summed E-state index contributed by atoms with van der Waals surface area (Å²) in [5, 5.41) is 3.12. The predicted octanol–water partition coefficient (Wildman–Crippen LogP) is 3.56. The van der Waals surface area contributed by atoms with Crippen molar-refractivity contribution in [3.8, 4) is 0 Å². The molecule has 1 aliphatic rings. The van der Waals surface area contributed by atoms with Gasteiger partial charge in [-0.15, -0.1) is 0 Å². The minimum atomic E-state index is -3.56. The molecule has 158 valence electrons. The second kappa shape index (κ2) is 9.15. The van der Waals surface area contributed by atoms with Crippen LogP contribution in [0, 0.1) is 0 Å². The molecule has 1 aromatic carbocycles. The van der Waals surface area contributed by atoms with E-state index >= 15 is 0 Å². The van der Waals surface area contributed by atoms with Crippen LogP contribution in [0.15, 0.2) is 57.1 Å². The number of rotatable bonds is 7. The van der Waals surface area contributed by atoms with Crippen molar-refractivity contribution in [2.75, 3.05) is 11.1 Å². The first-order valence-electron chi connectivity index (χ1n) is 9.76. The number of amides is 1. The molecule has 0 bridgehead atoms. The minimum Gasteiger partial charge on any atom is -0.430 e. The second-order valence-electron chi connectivity index (χ2n) is 7.12. The lowest BCUT2D eigenvalue weighted by atomic mass is 9.96. The van der Waals surface area contributed by atoms with Gasteiger partial charge in [-0.25, -0.2) is 18.1 Å². The van der Waals surface area contributed by atoms with Crippen LogP contribution in [0.25, 0.3) is 11.2 Å². The van der Waals surface area contributed by atoms with Crippen LogP contribution in [0.2, 0.25) is 0 Å². The zero-order valence-electron chi connectivity index (χ0n) is 16.2. The summed E-state index contributed by atoms with van der Waals surface area (Å²) in [5.41, 5.74) is 1.59. The molecule has 0 unspecified atom stereocenters. The van der Waals surface area contributed by atoms with Crippen molar-refractivity contribution in [2.45, 2.75) is 48.3 Å². The number of carbonyl (C=O) groups excluding carboxylic acids is 1. The van der Waals surface area contributed by atoms with Gasteiger partial charge in [0.25, 0.3) is 5.22 Å². The number of nitrogens with zero attached hydrogens (tertiary/aromatic N) is 2. The Bertz CT molecular complexity index is 1090. The second-order valence-corrected chi connectivity index (χ2v) is 9.76. The highest BCUT2D eigenvalue weighted by Crippen LogP contribution is 2.23. The average molecular weight is 447 g/mol. The molecule has 1 saturated carbocycles. The lowest BCUT2D eigenvalue weighted by Gasteiger charge is -2.22. The van der Waals surface area contributed by atoms with E-state index in [-0.39, 0.29) is 22.6 Å². The van der Waals surface area contributed by atoms with Gasteiger partial charge < -0.3 is 9.73 Å². The van der Waals surface area contributed by atoms with Gasteiger partial charge in [-0.3, -0.25) is 4.79 Å². The van der Waals surface area contributed by atoms with Gasteiger partial charge in [0.15, 0.2) is 11.2 Å². The van der Waals surface area contributed by atoms with E-state index in [9.17, 15) is 13.2 Å². The summed E-state index contributed by atoms with van der Waals surface area (Å²) in [4.78, 5) is 20.7. The smallest absolute Gasteiger partial charge is 0.258 e. The molecule has 3 aromatic rings. The van der Waals surface area contributed by atoms with E-state index in [4.69, 9.17) is 4.42 Å². The Balaban J connectivity index is 1.31. The molecule has 1 aliphatic carbocycles. The molecule has 0 aliphatic heterocycles. The molecule has 2 N–H and O–H groups in total. The summed E-state index contributed by atoms with van der Waals surface area (Å²) in [5.74, 6) is -0.137. The van der Waals surface area contributed by atoms with Crippen molar-refractivity contribution >= 4 is 44.6 Å². The van der Waals surface area contributed by atoms with Crippen LogP contribution in [0.4, 0.5) is 5.69 Å². The number of carbonyl (C=O) groups is 1. The Morgan fingerprint density at radius 1 is 1.13 bits per heavy atom. The van der Waals surface area contributed by atoms with E-state index in [1.165, 1.54) is 12.1 Å². The third-order valence-electron chi connectivity index (χ3n) is 4.85. The zero-order chi connectivity index (χ0) is 21.0. The molecule has 0 atom stereocenters. The van der Waals surface area contributed by atoms with E-state index in [0.29, 0.717) is 22.1 Å². The normalized spacial score (nSPS) is 15.3. The fraction of sp³-hybridized carbons (Fsp3) is 0.350. The lowest BCUT2D eigenvalue weighted by Crippen LogP contribution is -2.36. The molecule has 30 heavy (non-hydrogen) atoms. The molecule has 2 heterocycles. The Hall–Kier alpha value is -2.43. The van der Waals surface area contributed by atoms with Crippen LogP contribution in [-0.4, -0.2) is 36.1 Å². The molecule has 1 fully saturated rings. The van der Waals surface area contributed by atoms with E-state index in [1.807, 2.05) is 0 Å². The molecule has 0 spiro atoms. The van der Waals surface area contributed by atoms with Crippen molar-refractivity contribution in [2.24, 2.45) is 0 Å². The Labute approximate surface area is 178 Å². The van der Waals surface area contributed by atoms with Gasteiger partial charge >= 0.3 is 0 Å². The van der Waals surface area contributed by atoms with E-state index in [0.717, 1.165) is 43.9 Å². The van der Waals surface area contributed by atoms with Crippen molar-refractivity contribution in [1.29, 1.82) is 0 Å². The summed E-state index contributed by atoms with van der Waals surface area (Å²) in [6.07, 6.45) is 6.64. The summed E-state index contributed by atoms with van der Waals surface area (Å²) in [6, 6.07) is 9.69. The average Bonchev–Trinajstić information content (AvgIpc) is 3.16. The van der Waals surface area contributed by atoms with Gasteiger partial charge in [0, 0.05) is 17.9 Å². The summed E-state index contributed by atoms with van der Waals surface area (Å²) in [6.45, 7) is 0. The first-order valence-corrected chi connectivity index (χ1v) is 12.2. The third kappa shape index (κ3) is 5.18. The van der Waals surface area contributed by atoms with Gasteiger partial charge in [-0.1, -0.05) is 31.0 Å². The van der Waals surface area contributed by atoms with E-state index in [1.54, 1.807) is 30.5 Å². The fourth-order valence-electron chi connectivity index (χ4n) is 3.36. The molecule has 2 aromatic heterocycles. The van der Waals surface area contributed by atoms with Gasteiger partial charge in [-0.2, -0.15) is 4.98 Å². The molecule has 10 heteroatoms. The number of aromatic nitrogens is 2. The fourth-order valence-corrected chi connectivity index (χ4v) is 5.29. The molecular formula is C20H22N4O4S2. The molecule has 8 nitrogen and oxygen atoms in total. The standard InChI is InChI=1S/C20H22N4O4S2/c25-18(13-29-20-23-19-17(28-20)7-4-12-21-19)22-14-8-10-16(11-9-14)30(26,27)24-15-5-2-1-3-6-15/h4,7-12,15,24H,1-3,5-6,13H2,(H,22,25). The van der Waals surface area contributed by atoms with Crippen LogP contribution in [0.3, 0.4) is 0 Å². The predicted molar refractivity (Wildman–Crippen MR) is 115 cm³/mol. The maximum atomic E-state index is 12.5. The topological polar surface area (TPSA) is 114 Å². The van der Waals surface area contributed by atoms with E-state index < -0.39 is 10.0 Å². The van der Waals surface area contributed by atoms with Gasteiger partial charge in [0.1, 0.15) is 0 Å². The van der Waals surface area contributed by atoms with Gasteiger partial charge in [-0.05, 0) is 49.2 Å². The number of benzene rings is 1. The molecule has 0 saturated heterocycles. The first kappa shape index (κ1) is 20.8. The Morgan fingerprint density at radius 3 is 2.63 bits per heavy atom. The number of hydrogen-bond donors (Lipinski definition) is 2. The maximum Gasteiger partial charge on any atom is 0.258 e. The number of oxazole rings is 1. The largest absolute Gasteiger partial charge is 0.430 e. The monoisotopic (exact) mass is 446 g/mol. The van der Waals surface area contributed by atoms with Crippen LogP contribution in [0.1, 0.15) is 32.1 Å². The van der Waals surface area contributed by atoms with Crippen LogP contribution < -0.4 is 10.0 Å². The molecule has 0 radical (unpaired) electrons. The van der Waals surface area contributed by atoms with Gasteiger partial charge in [0.05, 0.1) is 10.6 Å².